The van der Waals surface area contributed by atoms with E-state index in [1.165, 1.54) is 22.7 Å². The van der Waals surface area contributed by atoms with Crippen molar-refractivity contribution in [2.75, 3.05) is 0 Å². The van der Waals surface area contributed by atoms with Gasteiger partial charge >= 0.3 is 0 Å². The minimum atomic E-state index is 0.520. The number of hydrogen-bond donors (Lipinski definition) is 0. The van der Waals surface area contributed by atoms with Crippen LogP contribution >= 0.6 is 34.1 Å². The van der Waals surface area contributed by atoms with Crippen molar-refractivity contribution < 1.29 is 4.74 Å². The Morgan fingerprint density at radius 1 is 0.769 bits per heavy atom. The van der Waals surface area contributed by atoms with Gasteiger partial charge in [0.2, 0.25) is 5.88 Å². The summed E-state index contributed by atoms with van der Waals surface area (Å²) in [4.78, 5) is 0. The Morgan fingerprint density at radius 3 is 2.19 bits per heavy atom. The van der Waals surface area contributed by atoms with Crippen LogP contribution in [0.25, 0.3) is 22.3 Å². The van der Waals surface area contributed by atoms with E-state index in [2.05, 4.69) is 87.6 Å². The van der Waals surface area contributed by atoms with E-state index in [4.69, 9.17) is 4.74 Å². The third kappa shape index (κ3) is 3.81. The molecule has 4 heteroatoms. The van der Waals surface area contributed by atoms with Crippen LogP contribution in [0.3, 0.4) is 0 Å². The van der Waals surface area contributed by atoms with Crippen molar-refractivity contribution in [3.05, 3.63) is 93.4 Å². The minimum Gasteiger partial charge on any atom is -0.472 e. The lowest BCUT2D eigenvalue weighted by atomic mass is 10.0. The molecule has 0 aliphatic carbocycles. The van der Waals surface area contributed by atoms with Gasteiger partial charge in [-0.2, -0.15) is 4.37 Å². The lowest BCUT2D eigenvalue weighted by Crippen LogP contribution is -1.96. The Kier molecular flexibility index (Phi) is 5.32. The van der Waals surface area contributed by atoms with E-state index in [1.807, 2.05) is 24.3 Å². The molecule has 0 aliphatic heterocycles. The first kappa shape index (κ1) is 17.2. The van der Waals surface area contributed by atoms with Gasteiger partial charge in [-0.3, -0.25) is 0 Å². The summed E-state index contributed by atoms with van der Waals surface area (Å²) in [6, 6.07) is 29.1. The van der Waals surface area contributed by atoms with Crippen LogP contribution in [0.2, 0.25) is 0 Å². The molecule has 26 heavy (non-hydrogen) atoms. The van der Waals surface area contributed by atoms with Gasteiger partial charge in [-0.15, -0.1) is 0 Å². The molecule has 1 aromatic heterocycles. The molecule has 0 N–H and O–H groups in total. The number of halogens is 1. The molecule has 0 unspecified atom stereocenters. The number of aromatic nitrogens is 1. The van der Waals surface area contributed by atoms with Crippen LogP contribution in [-0.2, 0) is 6.61 Å². The highest BCUT2D eigenvalue weighted by Crippen LogP contribution is 2.38. The zero-order valence-corrected chi connectivity index (χ0v) is 16.9. The molecule has 0 amide bonds. The average molecular weight is 469 g/mol. The SMILES string of the molecule is Ic1snc(OCc2ccccc2)c1-c1cccc(-c2ccccc2)c1. The van der Waals surface area contributed by atoms with E-state index in [0.29, 0.717) is 12.5 Å². The molecule has 0 atom stereocenters. The van der Waals surface area contributed by atoms with Gasteiger partial charge in [-0.05, 0) is 62.4 Å². The largest absolute Gasteiger partial charge is 0.472 e. The summed E-state index contributed by atoms with van der Waals surface area (Å²) < 4.78 is 11.7. The Balaban J connectivity index is 1.65. The van der Waals surface area contributed by atoms with E-state index >= 15 is 0 Å². The highest BCUT2D eigenvalue weighted by molar-refractivity contribution is 14.1. The van der Waals surface area contributed by atoms with E-state index in [1.54, 1.807) is 0 Å². The maximum absolute atomic E-state index is 6.04. The van der Waals surface area contributed by atoms with Crippen molar-refractivity contribution in [3.63, 3.8) is 0 Å². The number of benzene rings is 3. The summed E-state index contributed by atoms with van der Waals surface area (Å²) >= 11 is 3.82. The predicted molar refractivity (Wildman–Crippen MR) is 116 cm³/mol. The standard InChI is InChI=1S/C22H16INOS/c23-21-20(22(24-26-21)25-15-16-8-3-1-4-9-16)19-13-7-12-18(14-19)17-10-5-2-6-11-17/h1-14H,15H2. The summed E-state index contributed by atoms with van der Waals surface area (Å²) in [6.45, 7) is 0.520. The van der Waals surface area contributed by atoms with E-state index in [-0.39, 0.29) is 0 Å². The van der Waals surface area contributed by atoms with Gasteiger partial charge in [-0.1, -0.05) is 78.9 Å². The second-order valence-electron chi connectivity index (χ2n) is 5.86. The zero-order valence-electron chi connectivity index (χ0n) is 13.9. The second kappa shape index (κ2) is 8.01. The summed E-state index contributed by atoms with van der Waals surface area (Å²) in [5.74, 6) is 0.702. The summed E-state index contributed by atoms with van der Waals surface area (Å²) in [5, 5.41) is 0. The van der Waals surface area contributed by atoms with Crippen LogP contribution in [0.4, 0.5) is 0 Å². The Bertz CT molecular complexity index is 999. The third-order valence-electron chi connectivity index (χ3n) is 4.10. The molecule has 0 aliphatic rings. The molecule has 0 radical (unpaired) electrons. The lowest BCUT2D eigenvalue weighted by molar-refractivity contribution is 0.298. The van der Waals surface area contributed by atoms with Gasteiger partial charge in [0.25, 0.3) is 0 Å². The fourth-order valence-corrected chi connectivity index (χ4v) is 4.24. The van der Waals surface area contributed by atoms with Crippen LogP contribution in [-0.4, -0.2) is 4.37 Å². The smallest absolute Gasteiger partial charge is 0.234 e. The fourth-order valence-electron chi connectivity index (χ4n) is 2.80. The first-order chi connectivity index (χ1) is 12.8. The van der Waals surface area contributed by atoms with Crippen molar-refractivity contribution >= 4 is 34.1 Å². The molecule has 0 bridgehead atoms. The molecular weight excluding hydrogens is 453 g/mol. The Labute approximate surface area is 170 Å². The predicted octanol–water partition coefficient (Wildman–Crippen LogP) is 6.66. The van der Waals surface area contributed by atoms with Crippen LogP contribution in [0, 0.1) is 2.88 Å². The average Bonchev–Trinajstić information content (AvgIpc) is 3.08. The van der Waals surface area contributed by atoms with Crippen molar-refractivity contribution in [3.8, 4) is 28.1 Å². The topological polar surface area (TPSA) is 22.1 Å². The van der Waals surface area contributed by atoms with Crippen LogP contribution < -0.4 is 4.74 Å². The fraction of sp³-hybridized carbons (Fsp3) is 0.0455. The van der Waals surface area contributed by atoms with Crippen LogP contribution in [0.15, 0.2) is 84.9 Å². The lowest BCUT2D eigenvalue weighted by Gasteiger charge is -2.09. The normalized spacial score (nSPS) is 10.7. The Morgan fingerprint density at radius 2 is 1.42 bits per heavy atom. The van der Waals surface area contributed by atoms with Crippen molar-refractivity contribution in [2.45, 2.75) is 6.61 Å². The monoisotopic (exact) mass is 469 g/mol. The van der Waals surface area contributed by atoms with E-state index < -0.39 is 0 Å². The van der Waals surface area contributed by atoms with E-state index in [0.717, 1.165) is 19.6 Å². The maximum Gasteiger partial charge on any atom is 0.234 e. The molecule has 1 heterocycles. The van der Waals surface area contributed by atoms with Gasteiger partial charge < -0.3 is 4.74 Å². The molecule has 0 saturated heterocycles. The van der Waals surface area contributed by atoms with Crippen molar-refractivity contribution in [2.24, 2.45) is 0 Å². The zero-order chi connectivity index (χ0) is 17.8. The third-order valence-corrected chi connectivity index (χ3v) is 5.85. The maximum atomic E-state index is 6.04. The summed E-state index contributed by atoms with van der Waals surface area (Å²) in [7, 11) is 0. The Hall–Kier alpha value is -2.18. The van der Waals surface area contributed by atoms with Crippen molar-refractivity contribution in [1.82, 2.24) is 4.37 Å². The molecule has 4 rings (SSSR count). The molecule has 0 saturated carbocycles. The highest BCUT2D eigenvalue weighted by atomic mass is 127. The number of nitrogens with zero attached hydrogens (tertiary/aromatic N) is 1. The van der Waals surface area contributed by atoms with Gasteiger partial charge in [0.15, 0.2) is 0 Å². The molecule has 4 aromatic rings. The molecule has 2 nitrogen and oxygen atoms in total. The molecule has 3 aromatic carbocycles. The molecular formula is C22H16INOS. The number of rotatable bonds is 5. The molecule has 0 fully saturated rings. The highest BCUT2D eigenvalue weighted by Gasteiger charge is 2.16. The summed E-state index contributed by atoms with van der Waals surface area (Å²) in [6.07, 6.45) is 0. The quantitative estimate of drug-likeness (QED) is 0.305. The van der Waals surface area contributed by atoms with Crippen LogP contribution in [0.1, 0.15) is 5.56 Å². The van der Waals surface area contributed by atoms with Gasteiger partial charge in [0, 0.05) is 0 Å². The molecule has 128 valence electrons. The second-order valence-corrected chi connectivity index (χ2v) is 8.44. The van der Waals surface area contributed by atoms with Gasteiger partial charge in [0.05, 0.1) is 8.45 Å². The van der Waals surface area contributed by atoms with Gasteiger partial charge in [-0.25, -0.2) is 0 Å². The minimum absolute atomic E-state index is 0.520. The number of ether oxygens (including phenoxy) is 1. The first-order valence-electron chi connectivity index (χ1n) is 8.29. The summed E-state index contributed by atoms with van der Waals surface area (Å²) in [5.41, 5.74) is 5.75. The van der Waals surface area contributed by atoms with E-state index in [9.17, 15) is 0 Å². The van der Waals surface area contributed by atoms with Crippen LogP contribution in [0.5, 0.6) is 5.88 Å². The molecule has 0 spiro atoms. The van der Waals surface area contributed by atoms with Gasteiger partial charge in [0.1, 0.15) is 6.61 Å². The number of hydrogen-bond acceptors (Lipinski definition) is 3. The first-order valence-corrected chi connectivity index (χ1v) is 10.1. The van der Waals surface area contributed by atoms with Crippen molar-refractivity contribution in [1.29, 1.82) is 0 Å².